The van der Waals surface area contributed by atoms with Crippen molar-refractivity contribution in [2.45, 2.75) is 19.4 Å². The number of nitrogens with one attached hydrogen (secondary N) is 1. The van der Waals surface area contributed by atoms with E-state index in [9.17, 15) is 17.6 Å². The van der Waals surface area contributed by atoms with Gasteiger partial charge in [0.15, 0.2) is 11.4 Å². The maximum absolute atomic E-state index is 14.8. The zero-order chi connectivity index (χ0) is 19.3. The van der Waals surface area contributed by atoms with Crippen molar-refractivity contribution in [3.8, 4) is 5.75 Å². The van der Waals surface area contributed by atoms with E-state index in [0.29, 0.717) is 5.02 Å². The summed E-state index contributed by atoms with van der Waals surface area (Å²) in [6.07, 6.45) is 2.28. The lowest BCUT2D eigenvalue weighted by atomic mass is 10.0. The molecule has 1 aliphatic heterocycles. The first-order valence-electron chi connectivity index (χ1n) is 7.44. The van der Waals surface area contributed by atoms with Crippen molar-refractivity contribution < 1.29 is 22.3 Å². The number of rotatable bonds is 3. The van der Waals surface area contributed by atoms with E-state index in [1.54, 1.807) is 0 Å². The molecule has 1 aliphatic rings. The number of carbonyl (C=O) groups is 1. The first kappa shape index (κ1) is 18.4. The number of pyridine rings is 1. The molecule has 0 bridgehead atoms. The van der Waals surface area contributed by atoms with Gasteiger partial charge in [-0.25, -0.2) is 17.8 Å². The number of amides is 1. The molecular formula is C16H15ClFN3O4S. The highest BCUT2D eigenvalue weighted by Gasteiger charge is 2.44. The number of fused-ring (bicyclic) bond motifs is 1. The fourth-order valence-electron chi connectivity index (χ4n) is 2.55. The van der Waals surface area contributed by atoms with Gasteiger partial charge in [0.25, 0.3) is 5.91 Å². The van der Waals surface area contributed by atoms with E-state index in [1.165, 1.54) is 38.2 Å². The number of aromatic nitrogens is 1. The van der Waals surface area contributed by atoms with Gasteiger partial charge in [0.05, 0.1) is 17.0 Å². The van der Waals surface area contributed by atoms with E-state index >= 15 is 0 Å². The Hall–Kier alpha value is -2.39. The molecule has 0 fully saturated rings. The van der Waals surface area contributed by atoms with Gasteiger partial charge in [0.1, 0.15) is 17.3 Å². The number of anilines is 3. The molecule has 0 radical (unpaired) electrons. The molecular weight excluding hydrogens is 385 g/mol. The number of hydrogen-bond acceptors (Lipinski definition) is 5. The normalized spacial score (nSPS) is 16.0. The minimum absolute atomic E-state index is 0.0116. The third-order valence-corrected chi connectivity index (χ3v) is 4.41. The molecule has 0 saturated carbocycles. The summed E-state index contributed by atoms with van der Waals surface area (Å²) in [5.41, 5.74) is -1.48. The second-order valence-electron chi connectivity index (χ2n) is 6.27. The molecule has 2 heterocycles. The Kier molecular flexibility index (Phi) is 4.32. The fraction of sp³-hybridized carbons (Fsp3) is 0.250. The molecule has 0 saturated heterocycles. The largest absolute Gasteiger partial charge is 0.476 e. The second-order valence-corrected chi connectivity index (χ2v) is 8.45. The van der Waals surface area contributed by atoms with Crippen LogP contribution in [0.5, 0.6) is 5.75 Å². The molecule has 2 aromatic rings. The van der Waals surface area contributed by atoms with Crippen LogP contribution in [0.3, 0.4) is 0 Å². The van der Waals surface area contributed by atoms with E-state index in [0.717, 1.165) is 17.2 Å². The van der Waals surface area contributed by atoms with Crippen molar-refractivity contribution in [3.05, 3.63) is 41.3 Å². The number of benzene rings is 1. The monoisotopic (exact) mass is 399 g/mol. The number of carbonyl (C=O) groups excluding carboxylic acids is 1. The van der Waals surface area contributed by atoms with Gasteiger partial charge in [-0.15, -0.1) is 0 Å². The summed E-state index contributed by atoms with van der Waals surface area (Å²) in [5, 5.41) is 0.363. The molecule has 0 spiro atoms. The number of sulfonamides is 1. The van der Waals surface area contributed by atoms with Gasteiger partial charge in [0, 0.05) is 18.3 Å². The van der Waals surface area contributed by atoms with Crippen LogP contribution in [0.25, 0.3) is 0 Å². The van der Waals surface area contributed by atoms with Crippen molar-refractivity contribution >= 4 is 44.7 Å². The SMILES string of the molecule is CC1(C)Oc2cc(NS(C)(=O)=O)cc(F)c2N(c2ccc(Cl)cn2)C1=O. The number of hydrogen-bond donors (Lipinski definition) is 1. The van der Waals surface area contributed by atoms with Crippen LogP contribution < -0.4 is 14.4 Å². The van der Waals surface area contributed by atoms with Gasteiger partial charge in [-0.05, 0) is 26.0 Å². The van der Waals surface area contributed by atoms with Crippen molar-refractivity contribution in [2.24, 2.45) is 0 Å². The molecule has 0 atom stereocenters. The lowest BCUT2D eigenvalue weighted by Gasteiger charge is -2.38. The highest BCUT2D eigenvalue weighted by molar-refractivity contribution is 7.92. The Bertz CT molecular complexity index is 993. The maximum atomic E-state index is 14.8. The molecule has 138 valence electrons. The van der Waals surface area contributed by atoms with Crippen molar-refractivity contribution in [2.75, 3.05) is 15.9 Å². The van der Waals surface area contributed by atoms with Crippen LogP contribution in [-0.2, 0) is 14.8 Å². The molecule has 0 aliphatic carbocycles. The summed E-state index contributed by atoms with van der Waals surface area (Å²) < 4.78 is 45.4. The number of ether oxygens (including phenoxy) is 1. The minimum atomic E-state index is -3.61. The maximum Gasteiger partial charge on any atom is 0.276 e. The van der Waals surface area contributed by atoms with Gasteiger partial charge in [-0.2, -0.15) is 0 Å². The Labute approximate surface area is 154 Å². The Morgan fingerprint density at radius 3 is 2.58 bits per heavy atom. The van der Waals surface area contributed by atoms with Crippen LogP contribution in [0.15, 0.2) is 30.5 Å². The summed E-state index contributed by atoms with van der Waals surface area (Å²) in [7, 11) is -3.61. The van der Waals surface area contributed by atoms with Crippen molar-refractivity contribution in [1.29, 1.82) is 0 Å². The van der Waals surface area contributed by atoms with Crippen LogP contribution in [-0.4, -0.2) is 31.2 Å². The molecule has 7 nitrogen and oxygen atoms in total. The zero-order valence-corrected chi connectivity index (χ0v) is 15.7. The lowest BCUT2D eigenvalue weighted by Crippen LogP contribution is -2.51. The van der Waals surface area contributed by atoms with Crippen LogP contribution in [0, 0.1) is 5.82 Å². The summed E-state index contributed by atoms with van der Waals surface area (Å²) in [6.45, 7) is 3.05. The molecule has 26 heavy (non-hydrogen) atoms. The van der Waals surface area contributed by atoms with E-state index < -0.39 is 27.3 Å². The van der Waals surface area contributed by atoms with Crippen molar-refractivity contribution in [1.82, 2.24) is 4.98 Å². The third kappa shape index (κ3) is 3.45. The van der Waals surface area contributed by atoms with Crippen LogP contribution in [0.1, 0.15) is 13.8 Å². The smallest absolute Gasteiger partial charge is 0.276 e. The quantitative estimate of drug-likeness (QED) is 0.856. The molecule has 1 amide bonds. The van der Waals surface area contributed by atoms with E-state index in [1.807, 2.05) is 0 Å². The van der Waals surface area contributed by atoms with E-state index in [4.69, 9.17) is 16.3 Å². The Balaban J connectivity index is 2.19. The molecule has 3 rings (SSSR count). The zero-order valence-electron chi connectivity index (χ0n) is 14.1. The van der Waals surface area contributed by atoms with Crippen LogP contribution in [0.4, 0.5) is 21.6 Å². The summed E-state index contributed by atoms with van der Waals surface area (Å²) in [4.78, 5) is 18.0. The summed E-state index contributed by atoms with van der Waals surface area (Å²) in [6, 6.07) is 5.29. The molecule has 1 aromatic carbocycles. The number of nitrogens with zero attached hydrogens (tertiary/aromatic N) is 2. The Morgan fingerprint density at radius 2 is 2.00 bits per heavy atom. The van der Waals surface area contributed by atoms with Gasteiger partial charge in [-0.1, -0.05) is 11.6 Å². The van der Waals surface area contributed by atoms with E-state index in [-0.39, 0.29) is 22.9 Å². The average Bonchev–Trinajstić information content (AvgIpc) is 2.48. The van der Waals surface area contributed by atoms with Gasteiger partial charge < -0.3 is 4.74 Å². The first-order valence-corrected chi connectivity index (χ1v) is 9.71. The minimum Gasteiger partial charge on any atom is -0.476 e. The van der Waals surface area contributed by atoms with Crippen molar-refractivity contribution in [3.63, 3.8) is 0 Å². The predicted molar refractivity (Wildman–Crippen MR) is 96.0 cm³/mol. The first-order chi connectivity index (χ1) is 12.0. The summed E-state index contributed by atoms with van der Waals surface area (Å²) >= 11 is 5.83. The highest BCUT2D eigenvalue weighted by Crippen LogP contribution is 2.44. The third-order valence-electron chi connectivity index (χ3n) is 3.58. The van der Waals surface area contributed by atoms with Crippen LogP contribution in [0.2, 0.25) is 5.02 Å². The summed E-state index contributed by atoms with van der Waals surface area (Å²) in [5.74, 6) is -1.19. The molecule has 1 N–H and O–H groups in total. The molecule has 1 aromatic heterocycles. The number of halogens is 2. The standard InChI is InChI=1S/C16H15ClFN3O4S/c1-16(2)15(22)21(13-5-4-9(17)8-19-13)14-11(18)6-10(7-12(14)25-16)20-26(3,23)24/h4-8,20H,1-3H3. The highest BCUT2D eigenvalue weighted by atomic mass is 35.5. The molecule has 10 heteroatoms. The van der Waals surface area contributed by atoms with E-state index in [2.05, 4.69) is 9.71 Å². The predicted octanol–water partition coefficient (Wildman–Crippen LogP) is 3.08. The van der Waals surface area contributed by atoms with Gasteiger partial charge in [-0.3, -0.25) is 14.4 Å². The molecule has 0 unspecified atom stereocenters. The topological polar surface area (TPSA) is 88.6 Å². The lowest BCUT2D eigenvalue weighted by molar-refractivity contribution is -0.131. The van der Waals surface area contributed by atoms with Gasteiger partial charge in [0.2, 0.25) is 10.0 Å². The second kappa shape index (κ2) is 6.10. The Morgan fingerprint density at radius 1 is 1.31 bits per heavy atom. The average molecular weight is 400 g/mol. The van der Waals surface area contributed by atoms with Gasteiger partial charge >= 0.3 is 0 Å². The fourth-order valence-corrected chi connectivity index (χ4v) is 3.21. The van der Waals surface area contributed by atoms with Crippen LogP contribution >= 0.6 is 11.6 Å².